The Kier molecular flexibility index (Phi) is 9.23. The minimum absolute atomic E-state index is 0.00473. The lowest BCUT2D eigenvalue weighted by atomic mass is 10.1. The highest BCUT2D eigenvalue weighted by atomic mass is 16.5. The Bertz CT molecular complexity index is 1410. The van der Waals surface area contributed by atoms with Crippen molar-refractivity contribution in [2.45, 2.75) is 6.42 Å². The van der Waals surface area contributed by atoms with Gasteiger partial charge in [0.25, 0.3) is 17.7 Å². The molecule has 0 aromatic heterocycles. The van der Waals surface area contributed by atoms with E-state index in [0.29, 0.717) is 73.1 Å². The Morgan fingerprint density at radius 3 is 2.12 bits per heavy atom. The summed E-state index contributed by atoms with van der Waals surface area (Å²) in [5.41, 5.74) is 2.91. The average molecular weight is 572 g/mol. The zero-order valence-electron chi connectivity index (χ0n) is 24.1. The molecule has 3 amide bonds. The molecule has 0 radical (unpaired) electrons. The van der Waals surface area contributed by atoms with Crippen molar-refractivity contribution >= 4 is 29.1 Å². The molecule has 220 valence electrons. The number of hydrogen-bond acceptors (Lipinski definition) is 7. The predicted octanol–water partition coefficient (Wildman–Crippen LogP) is 3.35. The largest absolute Gasteiger partial charge is 0.493 e. The number of nitrogens with zero attached hydrogens (tertiary/aromatic N) is 3. The molecule has 0 bridgehead atoms. The maximum atomic E-state index is 13.5. The molecule has 0 aliphatic carbocycles. The number of nitrogens with one attached hydrogen (secondary N) is 2. The first-order valence-corrected chi connectivity index (χ1v) is 14.2. The first-order valence-electron chi connectivity index (χ1n) is 14.2. The van der Waals surface area contributed by atoms with Gasteiger partial charge in [0.2, 0.25) is 0 Å². The second-order valence-electron chi connectivity index (χ2n) is 10.3. The number of methoxy groups -OCH3 is 2. The third-order valence-electron chi connectivity index (χ3n) is 7.69. The SMILES string of the molecule is COc1ccc(C(=O)Nc2cc(C(=O)N3CCCNCC3)ccc2N2CCN(C(=O)c3ccccc3)CC2)cc1OC. The van der Waals surface area contributed by atoms with Crippen molar-refractivity contribution in [2.75, 3.05) is 76.8 Å². The summed E-state index contributed by atoms with van der Waals surface area (Å²) in [6.45, 7) is 5.19. The van der Waals surface area contributed by atoms with Gasteiger partial charge in [-0.15, -0.1) is 0 Å². The molecule has 3 aromatic carbocycles. The number of rotatable bonds is 7. The number of benzene rings is 3. The molecular formula is C32H37N5O5. The van der Waals surface area contributed by atoms with Crippen molar-refractivity contribution in [3.05, 3.63) is 83.4 Å². The average Bonchev–Trinajstić information content (AvgIpc) is 3.34. The Balaban J connectivity index is 1.39. The number of carbonyl (C=O) groups excluding carboxylic acids is 3. The Morgan fingerprint density at radius 2 is 1.38 bits per heavy atom. The highest BCUT2D eigenvalue weighted by Gasteiger charge is 2.26. The summed E-state index contributed by atoms with van der Waals surface area (Å²) < 4.78 is 10.7. The van der Waals surface area contributed by atoms with Crippen molar-refractivity contribution in [1.29, 1.82) is 0 Å². The van der Waals surface area contributed by atoms with Gasteiger partial charge in [0.15, 0.2) is 11.5 Å². The van der Waals surface area contributed by atoms with Crippen LogP contribution in [0.15, 0.2) is 66.7 Å². The summed E-state index contributed by atoms with van der Waals surface area (Å²) in [6, 6.07) is 19.7. The molecule has 42 heavy (non-hydrogen) atoms. The van der Waals surface area contributed by atoms with Gasteiger partial charge in [0.05, 0.1) is 25.6 Å². The first kappa shape index (κ1) is 28.9. The zero-order valence-corrected chi connectivity index (χ0v) is 24.1. The molecule has 10 heteroatoms. The quantitative estimate of drug-likeness (QED) is 0.448. The van der Waals surface area contributed by atoms with Gasteiger partial charge in [0.1, 0.15) is 0 Å². The van der Waals surface area contributed by atoms with Gasteiger partial charge in [-0.25, -0.2) is 0 Å². The number of piperazine rings is 1. The van der Waals surface area contributed by atoms with E-state index in [1.165, 1.54) is 7.11 Å². The second-order valence-corrected chi connectivity index (χ2v) is 10.3. The number of anilines is 2. The molecular weight excluding hydrogens is 534 g/mol. The van der Waals surface area contributed by atoms with E-state index in [4.69, 9.17) is 9.47 Å². The van der Waals surface area contributed by atoms with Crippen molar-refractivity contribution in [3.63, 3.8) is 0 Å². The van der Waals surface area contributed by atoms with E-state index in [2.05, 4.69) is 15.5 Å². The van der Waals surface area contributed by atoms with E-state index in [1.54, 1.807) is 31.4 Å². The molecule has 10 nitrogen and oxygen atoms in total. The fourth-order valence-corrected chi connectivity index (χ4v) is 5.36. The number of amides is 3. The molecule has 5 rings (SSSR count). The van der Waals surface area contributed by atoms with E-state index in [9.17, 15) is 14.4 Å². The Hall–Kier alpha value is -4.57. The Labute approximate surface area is 246 Å². The molecule has 2 heterocycles. The van der Waals surface area contributed by atoms with Gasteiger partial charge in [-0.05, 0) is 61.5 Å². The van der Waals surface area contributed by atoms with Crippen LogP contribution < -0.4 is 25.0 Å². The monoisotopic (exact) mass is 571 g/mol. The van der Waals surface area contributed by atoms with Crippen LogP contribution >= 0.6 is 0 Å². The van der Waals surface area contributed by atoms with Crippen LogP contribution in [0.1, 0.15) is 37.5 Å². The fourth-order valence-electron chi connectivity index (χ4n) is 5.36. The molecule has 2 aliphatic rings. The van der Waals surface area contributed by atoms with E-state index in [1.807, 2.05) is 52.3 Å². The van der Waals surface area contributed by atoms with Crippen LogP contribution in [-0.2, 0) is 0 Å². The van der Waals surface area contributed by atoms with E-state index in [0.717, 1.165) is 25.2 Å². The third-order valence-corrected chi connectivity index (χ3v) is 7.69. The van der Waals surface area contributed by atoms with Gasteiger partial charge in [-0.1, -0.05) is 18.2 Å². The summed E-state index contributed by atoms with van der Waals surface area (Å²) in [5.74, 6) is 0.578. The number of carbonyl (C=O) groups is 3. The summed E-state index contributed by atoms with van der Waals surface area (Å²) in [5, 5.41) is 6.37. The summed E-state index contributed by atoms with van der Waals surface area (Å²) in [4.78, 5) is 45.7. The smallest absolute Gasteiger partial charge is 0.255 e. The summed E-state index contributed by atoms with van der Waals surface area (Å²) in [7, 11) is 3.06. The van der Waals surface area contributed by atoms with E-state index < -0.39 is 0 Å². The lowest BCUT2D eigenvalue weighted by Gasteiger charge is -2.37. The highest BCUT2D eigenvalue weighted by Crippen LogP contribution is 2.32. The minimum atomic E-state index is -0.335. The highest BCUT2D eigenvalue weighted by molar-refractivity contribution is 6.07. The molecule has 2 N–H and O–H groups in total. The lowest BCUT2D eigenvalue weighted by molar-refractivity contribution is 0.0743. The van der Waals surface area contributed by atoms with Crippen LogP contribution in [0.25, 0.3) is 0 Å². The van der Waals surface area contributed by atoms with E-state index >= 15 is 0 Å². The standard InChI is InChI=1S/C32H37N5O5/c1-41-28-12-10-24(22-29(28)42-2)30(38)34-26-21-25(32(40)36-15-6-13-33-14-16-36)9-11-27(26)35-17-19-37(20-18-35)31(39)23-7-4-3-5-8-23/h3-5,7-12,21-22,33H,6,13-20H2,1-2H3,(H,34,38). The normalized spacial score (nSPS) is 15.5. The number of hydrogen-bond donors (Lipinski definition) is 2. The summed E-state index contributed by atoms with van der Waals surface area (Å²) in [6.07, 6.45) is 0.888. The fraction of sp³-hybridized carbons (Fsp3) is 0.344. The first-order chi connectivity index (χ1) is 20.5. The van der Waals surface area contributed by atoms with Crippen molar-refractivity contribution in [2.24, 2.45) is 0 Å². The molecule has 2 fully saturated rings. The van der Waals surface area contributed by atoms with Crippen LogP contribution in [0.4, 0.5) is 11.4 Å². The second kappa shape index (κ2) is 13.4. The predicted molar refractivity (Wildman–Crippen MR) is 162 cm³/mol. The van der Waals surface area contributed by atoms with Gasteiger partial charge in [0, 0.05) is 62.5 Å². The van der Waals surface area contributed by atoms with Crippen molar-refractivity contribution in [3.8, 4) is 11.5 Å². The number of ether oxygens (including phenoxy) is 2. The van der Waals surface area contributed by atoms with Crippen LogP contribution in [0.5, 0.6) is 11.5 Å². The van der Waals surface area contributed by atoms with Crippen LogP contribution in [-0.4, -0.2) is 94.1 Å². The van der Waals surface area contributed by atoms with Gasteiger partial charge in [-0.2, -0.15) is 0 Å². The summed E-state index contributed by atoms with van der Waals surface area (Å²) >= 11 is 0. The van der Waals surface area contributed by atoms with Gasteiger partial charge in [-0.3, -0.25) is 14.4 Å². The maximum Gasteiger partial charge on any atom is 0.255 e. The minimum Gasteiger partial charge on any atom is -0.493 e. The van der Waals surface area contributed by atoms with Crippen LogP contribution in [0, 0.1) is 0 Å². The molecule has 2 aliphatic heterocycles. The Morgan fingerprint density at radius 1 is 0.690 bits per heavy atom. The van der Waals surface area contributed by atoms with Crippen molar-refractivity contribution in [1.82, 2.24) is 15.1 Å². The van der Waals surface area contributed by atoms with Crippen LogP contribution in [0.2, 0.25) is 0 Å². The molecule has 0 atom stereocenters. The van der Waals surface area contributed by atoms with Gasteiger partial charge >= 0.3 is 0 Å². The lowest BCUT2D eigenvalue weighted by Crippen LogP contribution is -2.49. The van der Waals surface area contributed by atoms with Crippen molar-refractivity contribution < 1.29 is 23.9 Å². The van der Waals surface area contributed by atoms with Crippen LogP contribution in [0.3, 0.4) is 0 Å². The molecule has 0 saturated carbocycles. The molecule has 2 saturated heterocycles. The van der Waals surface area contributed by atoms with E-state index in [-0.39, 0.29) is 17.7 Å². The van der Waals surface area contributed by atoms with Gasteiger partial charge < -0.3 is 34.8 Å². The molecule has 0 unspecified atom stereocenters. The zero-order chi connectivity index (χ0) is 29.5. The molecule has 3 aromatic rings. The third kappa shape index (κ3) is 6.49. The molecule has 0 spiro atoms. The topological polar surface area (TPSA) is 103 Å². The maximum absolute atomic E-state index is 13.5.